The number of aromatic nitrogens is 3. The van der Waals surface area contributed by atoms with Crippen LogP contribution in [0.25, 0.3) is 35.2 Å². The van der Waals surface area contributed by atoms with Crippen molar-refractivity contribution in [2.24, 2.45) is 41.4 Å². The van der Waals surface area contributed by atoms with E-state index in [0.29, 0.717) is 92.5 Å². The molecule has 6 rings (SSSR count). The Hall–Kier alpha value is -4.35. The van der Waals surface area contributed by atoms with Gasteiger partial charge in [0.1, 0.15) is 12.2 Å². The van der Waals surface area contributed by atoms with E-state index in [-0.39, 0.29) is 47.3 Å². The average Bonchev–Trinajstić information content (AvgIpc) is 4.02. The van der Waals surface area contributed by atoms with Crippen molar-refractivity contribution in [1.82, 2.24) is 15.0 Å². The number of fused-ring (bicyclic) bond motifs is 7. The van der Waals surface area contributed by atoms with Gasteiger partial charge in [-0.25, -0.2) is 0 Å². The van der Waals surface area contributed by atoms with Gasteiger partial charge in [-0.15, -0.1) is 33.5 Å². The van der Waals surface area contributed by atoms with Gasteiger partial charge in [0, 0.05) is 17.5 Å². The van der Waals surface area contributed by atoms with Crippen LogP contribution in [0, 0.1) is 55.3 Å². The van der Waals surface area contributed by atoms with Gasteiger partial charge in [0.05, 0.1) is 13.7 Å². The third-order valence-corrected chi connectivity index (χ3v) is 14.4. The van der Waals surface area contributed by atoms with Gasteiger partial charge in [-0.05, 0) is 74.2 Å². The molecule has 11 heteroatoms. The molecule has 3 aliphatic rings. The first-order chi connectivity index (χ1) is 31.1. The summed E-state index contributed by atoms with van der Waals surface area (Å²) in [6.07, 6.45) is 21.5. The van der Waals surface area contributed by atoms with Gasteiger partial charge < -0.3 is 29.7 Å². The second-order valence-electron chi connectivity index (χ2n) is 19.8. The topological polar surface area (TPSA) is 143 Å². The Morgan fingerprint density at radius 2 is 1.41 bits per heavy atom. The first-order valence-corrected chi connectivity index (χ1v) is 24.4. The molecule has 8 bridgehead atoms. The van der Waals surface area contributed by atoms with Crippen LogP contribution in [0.4, 0.5) is 0 Å². The maximum Gasteiger partial charge on any atom is 2.00 e. The molecule has 5 heterocycles. The first kappa shape index (κ1) is 52.6. The van der Waals surface area contributed by atoms with Gasteiger partial charge in [0.15, 0.2) is 5.78 Å². The predicted octanol–water partition coefficient (Wildman–Crippen LogP) is 9.95. The third kappa shape index (κ3) is 11.7. The number of carbonyl (C=O) groups excluding carboxylic acids is 4. The number of Topliss-reactive ketones (excluding diaryl/α,β-unsaturated/α-hetero) is 1. The van der Waals surface area contributed by atoms with Gasteiger partial charge in [-0.3, -0.25) is 19.2 Å². The van der Waals surface area contributed by atoms with Crippen LogP contribution < -0.4 is 25.7 Å². The fraction of sp³-hybridized carbons (Fsp3) is 0.564. The van der Waals surface area contributed by atoms with Crippen molar-refractivity contribution < 1.29 is 28.7 Å². The molecule has 0 aromatic carbocycles. The summed E-state index contributed by atoms with van der Waals surface area (Å²) in [6, 6.07) is 0. The van der Waals surface area contributed by atoms with Gasteiger partial charge in [-0.1, -0.05) is 159 Å². The Bertz CT molecular complexity index is 2440. The molecule has 1 saturated heterocycles. The van der Waals surface area contributed by atoms with E-state index in [1.165, 1.54) is 58.5 Å². The van der Waals surface area contributed by atoms with Gasteiger partial charge >= 0.3 is 35.0 Å². The van der Waals surface area contributed by atoms with Crippen molar-refractivity contribution in [2.75, 3.05) is 13.7 Å². The molecule has 66 heavy (non-hydrogen) atoms. The van der Waals surface area contributed by atoms with Crippen LogP contribution >= 0.6 is 0 Å². The first-order valence-electron chi connectivity index (χ1n) is 24.4. The van der Waals surface area contributed by atoms with E-state index in [1.807, 2.05) is 39.0 Å². The summed E-state index contributed by atoms with van der Waals surface area (Å²) in [5.41, 5.74) is 7.73. The number of hydrogen-bond donors (Lipinski definition) is 0. The summed E-state index contributed by atoms with van der Waals surface area (Å²) in [6.45, 7) is 23.9. The van der Waals surface area contributed by atoms with E-state index in [0.717, 1.165) is 53.6 Å². The summed E-state index contributed by atoms with van der Waals surface area (Å²) < 4.78 is 11.1. The van der Waals surface area contributed by atoms with Crippen molar-refractivity contribution in [1.29, 1.82) is 0 Å². The third-order valence-electron chi connectivity index (χ3n) is 14.4. The Labute approximate surface area is 409 Å². The second kappa shape index (κ2) is 23.6. The molecule has 1 aliphatic carbocycles. The predicted molar refractivity (Wildman–Crippen MR) is 265 cm³/mol. The van der Waals surface area contributed by atoms with Gasteiger partial charge in [0.25, 0.3) is 0 Å². The number of rotatable bonds is 22. The van der Waals surface area contributed by atoms with Crippen LogP contribution in [0.5, 0.6) is 0 Å². The van der Waals surface area contributed by atoms with E-state index < -0.39 is 17.7 Å². The molecule has 0 saturated carbocycles. The molecule has 2 aliphatic heterocycles. The molecule has 0 amide bonds. The van der Waals surface area contributed by atoms with Crippen LogP contribution in [-0.4, -0.2) is 60.8 Å². The molecule has 3 aromatic rings. The minimum absolute atomic E-state index is 0. The van der Waals surface area contributed by atoms with Crippen molar-refractivity contribution in [3.05, 3.63) is 90.1 Å². The largest absolute Gasteiger partial charge is 2.00 e. The van der Waals surface area contributed by atoms with Crippen molar-refractivity contribution in [3.8, 4) is 0 Å². The molecule has 0 unspecified atom stereocenters. The van der Waals surface area contributed by atoms with Crippen LogP contribution in [0.2, 0.25) is 0 Å². The maximum absolute atomic E-state index is 14.4. The zero-order valence-corrected chi connectivity index (χ0v) is 42.9. The molecular formula is C55H72MgN4O6-2. The maximum atomic E-state index is 14.4. The second-order valence-corrected chi connectivity index (χ2v) is 19.8. The SMILES string of the molecule is C=Cc1c2[n-]c(c1C)/C=C1\[N-]/C(=C3\c4[n-]c(c(C)c4C(=O)[C@@H]3C(=O)OC)/C=c3\[n-]/c(c(C=O)c3CC)=C\2)[C@@H](CCC(=O)OCC[C@@H](C)CCC[C@H](C)CCC[C@H](C)CCCC(C)C)[C@@H]1C.[Mg+2]. The van der Waals surface area contributed by atoms with Crippen molar-refractivity contribution >= 4 is 76.9 Å². The number of hydrogen-bond acceptors (Lipinski definition) is 6. The average molecular weight is 910 g/mol. The molecule has 352 valence electrons. The van der Waals surface area contributed by atoms with Crippen LogP contribution in [0.15, 0.2) is 18.0 Å². The minimum atomic E-state index is -1.26. The molecular weight excluding hydrogens is 837 g/mol. The Kier molecular flexibility index (Phi) is 18.8. The van der Waals surface area contributed by atoms with E-state index in [9.17, 15) is 19.2 Å². The van der Waals surface area contributed by atoms with E-state index in [2.05, 4.69) is 48.1 Å². The van der Waals surface area contributed by atoms with Crippen LogP contribution in [0.3, 0.4) is 0 Å². The number of ether oxygens (including phenoxy) is 2. The Balaban J connectivity index is 0.00000817. The Morgan fingerprint density at radius 1 is 0.803 bits per heavy atom. The normalized spacial score (nSPS) is 21.7. The molecule has 10 nitrogen and oxygen atoms in total. The van der Waals surface area contributed by atoms with Gasteiger partial charge in [-0.2, -0.15) is 11.4 Å². The summed E-state index contributed by atoms with van der Waals surface area (Å²) in [7, 11) is 1.28. The Morgan fingerprint density at radius 3 is 2.00 bits per heavy atom. The zero-order chi connectivity index (χ0) is 47.1. The van der Waals surface area contributed by atoms with Crippen molar-refractivity contribution in [2.45, 2.75) is 146 Å². The number of allylic oxidation sites excluding steroid dienone is 2. The fourth-order valence-corrected chi connectivity index (χ4v) is 10.3. The molecule has 0 radical (unpaired) electrons. The summed E-state index contributed by atoms with van der Waals surface area (Å²) in [5.74, 6) is -0.395. The van der Waals surface area contributed by atoms with E-state index in [1.54, 1.807) is 6.08 Å². The van der Waals surface area contributed by atoms with E-state index >= 15 is 0 Å². The molecule has 6 atom stereocenters. The quantitative estimate of drug-likeness (QED) is 0.0417. The summed E-state index contributed by atoms with van der Waals surface area (Å²) in [4.78, 5) is 68.9. The number of carbonyl (C=O) groups is 4. The van der Waals surface area contributed by atoms with Crippen molar-refractivity contribution in [3.63, 3.8) is 0 Å². The van der Waals surface area contributed by atoms with E-state index in [4.69, 9.17) is 29.7 Å². The van der Waals surface area contributed by atoms with Crippen LogP contribution in [-0.2, 0) is 25.5 Å². The number of aldehydes is 1. The number of ketones is 1. The zero-order valence-electron chi connectivity index (χ0n) is 41.5. The monoisotopic (exact) mass is 909 g/mol. The summed E-state index contributed by atoms with van der Waals surface area (Å²) in [5, 5.41) is 6.27. The minimum Gasteiger partial charge on any atom is -0.664 e. The molecule has 0 N–H and O–H groups in total. The molecule has 3 aromatic heterocycles. The standard InChI is InChI=1S/C55H73N4O6.Mg/c1-12-38-35(8)42-27-43-36(9)40(23-24-48(61)65-26-25-34(7)22-16-21-33(6)20-15-19-32(5)18-14-17-31(3)4)52(58-43)50-51(55(63)64-11)54(62)49-37(10)44(59-53(49)50)28-46-39(13-2)41(30-60)47(57-46)29-45(38)56-42;/h12,27-34,36,40,51H,1,13-26H2,2-11H3,(H-,58,59,60,62);/q-3;+2/p-1/b43-27-,47-29-;/t32-,33-,34+,36+,40+,51-;/m1./s1. The van der Waals surface area contributed by atoms with Crippen LogP contribution in [0.1, 0.15) is 191 Å². The molecule has 0 spiro atoms. The number of esters is 2. The fourth-order valence-electron chi connectivity index (χ4n) is 10.3. The smallest absolute Gasteiger partial charge is 0.664 e. The summed E-state index contributed by atoms with van der Waals surface area (Å²) >= 11 is 0. The number of methoxy groups -OCH3 is 1. The molecule has 1 fully saturated rings. The number of nitrogens with zero attached hydrogens (tertiary/aromatic N) is 4. The van der Waals surface area contributed by atoms with Gasteiger partial charge in [0.2, 0.25) is 0 Å².